The first kappa shape index (κ1) is 19.6. The fraction of sp³-hybridized carbons (Fsp3) is 0.286. The number of fused-ring (bicyclic) bond motifs is 1. The number of aliphatic imine (C=N–C) groups is 1. The van der Waals surface area contributed by atoms with Crippen molar-refractivity contribution < 1.29 is 14.0 Å². The second-order valence-electron chi connectivity index (χ2n) is 6.84. The Morgan fingerprint density at radius 2 is 2.21 bits per heavy atom. The summed E-state index contributed by atoms with van der Waals surface area (Å²) in [6.07, 6.45) is 8.93. The summed E-state index contributed by atoms with van der Waals surface area (Å²) in [4.78, 5) is 31.0. The van der Waals surface area contributed by atoms with E-state index in [2.05, 4.69) is 22.3 Å². The minimum atomic E-state index is -0.242. The lowest BCUT2D eigenvalue weighted by atomic mass is 9.96. The highest BCUT2D eigenvalue weighted by atomic mass is 35.5. The maximum absolute atomic E-state index is 12.8. The molecule has 2 aliphatic heterocycles. The second-order valence-corrected chi connectivity index (χ2v) is 8.27. The third-order valence-corrected chi connectivity index (χ3v) is 5.95. The highest BCUT2D eigenvalue weighted by Crippen LogP contribution is 2.31. The summed E-state index contributed by atoms with van der Waals surface area (Å²) in [6.45, 7) is 1.56. The lowest BCUT2D eigenvalue weighted by molar-refractivity contribution is 0.0675. The Bertz CT molecular complexity index is 1070. The molecular weight excluding hydrogens is 410 g/mol. The molecule has 1 fully saturated rings. The standard InChI is InChI=1S/C21H18ClN3O3S/c1-2-7-23-19-18(29-21(27)24-19)10-13-5-8-25(9-6-13)20(26)17-12-14-11-15(22)3-4-16(14)28-17/h1,3-4,10-13H,5-9H2,(H,23,24,27). The van der Waals surface area contributed by atoms with Gasteiger partial charge in [-0.1, -0.05) is 23.6 Å². The minimum absolute atomic E-state index is 0.119. The van der Waals surface area contributed by atoms with Gasteiger partial charge < -0.3 is 14.6 Å². The maximum atomic E-state index is 12.8. The topological polar surface area (TPSA) is 74.9 Å². The molecule has 2 aromatic rings. The summed E-state index contributed by atoms with van der Waals surface area (Å²) in [6, 6.07) is 7.02. The van der Waals surface area contributed by atoms with Gasteiger partial charge in [-0.2, -0.15) is 4.99 Å². The molecule has 2 aliphatic rings. The SMILES string of the molecule is C#CCNC1=NC(=O)SC1=CC1CCN(C(=O)c2cc3cc(Cl)ccc3o2)CC1. The van der Waals surface area contributed by atoms with Gasteiger partial charge in [0.25, 0.3) is 5.91 Å². The third-order valence-electron chi connectivity index (χ3n) is 4.89. The quantitative estimate of drug-likeness (QED) is 0.739. The molecule has 0 bridgehead atoms. The number of thioether (sulfide) groups is 1. The van der Waals surface area contributed by atoms with Crippen molar-refractivity contribution in [2.24, 2.45) is 10.9 Å². The fourth-order valence-corrected chi connectivity index (χ4v) is 4.43. The summed E-state index contributed by atoms with van der Waals surface area (Å²) in [5.41, 5.74) is 0.645. The van der Waals surface area contributed by atoms with E-state index in [-0.39, 0.29) is 17.1 Å². The number of carbonyl (C=O) groups excluding carboxylic acids is 2. The van der Waals surface area contributed by atoms with Gasteiger partial charge in [0.05, 0.1) is 11.4 Å². The molecule has 0 spiro atoms. The number of rotatable bonds is 3. The van der Waals surface area contributed by atoms with Crippen molar-refractivity contribution in [2.45, 2.75) is 12.8 Å². The maximum Gasteiger partial charge on any atom is 0.311 e. The average molecular weight is 428 g/mol. The van der Waals surface area contributed by atoms with E-state index in [0.717, 1.165) is 34.9 Å². The molecule has 0 aliphatic carbocycles. The first-order valence-corrected chi connectivity index (χ1v) is 10.4. The van der Waals surface area contributed by atoms with Crippen molar-refractivity contribution in [3.05, 3.63) is 46.0 Å². The second kappa shape index (κ2) is 8.36. The van der Waals surface area contributed by atoms with Crippen molar-refractivity contribution in [1.29, 1.82) is 0 Å². The monoisotopic (exact) mass is 427 g/mol. The van der Waals surface area contributed by atoms with Crippen LogP contribution in [0.25, 0.3) is 11.0 Å². The summed E-state index contributed by atoms with van der Waals surface area (Å²) >= 11 is 7.11. The molecule has 8 heteroatoms. The Labute approximate surface area is 177 Å². The van der Waals surface area contributed by atoms with Gasteiger partial charge in [0.2, 0.25) is 0 Å². The lowest BCUT2D eigenvalue weighted by Crippen LogP contribution is -2.38. The molecule has 4 rings (SSSR count). The highest BCUT2D eigenvalue weighted by molar-refractivity contribution is 8.18. The van der Waals surface area contributed by atoms with Crippen LogP contribution in [0.3, 0.4) is 0 Å². The number of piperidine rings is 1. The number of likely N-dealkylation sites (tertiary alicyclic amines) is 1. The fourth-order valence-electron chi connectivity index (χ4n) is 3.44. The molecule has 0 radical (unpaired) electrons. The van der Waals surface area contributed by atoms with Crippen LogP contribution in [0, 0.1) is 18.3 Å². The average Bonchev–Trinajstić information content (AvgIpc) is 3.29. The van der Waals surface area contributed by atoms with Gasteiger partial charge in [-0.05, 0) is 54.8 Å². The zero-order valence-electron chi connectivity index (χ0n) is 15.5. The van der Waals surface area contributed by atoms with Crippen molar-refractivity contribution in [3.63, 3.8) is 0 Å². The number of furan rings is 1. The number of carbonyl (C=O) groups is 2. The van der Waals surface area contributed by atoms with Gasteiger partial charge in [0.1, 0.15) is 11.4 Å². The molecule has 148 valence electrons. The summed E-state index contributed by atoms with van der Waals surface area (Å²) in [5, 5.41) is 4.16. The van der Waals surface area contributed by atoms with Crippen molar-refractivity contribution in [1.82, 2.24) is 10.2 Å². The summed E-state index contributed by atoms with van der Waals surface area (Å²) in [7, 11) is 0. The van der Waals surface area contributed by atoms with Crippen molar-refractivity contribution in [2.75, 3.05) is 19.6 Å². The van der Waals surface area contributed by atoms with Crippen LogP contribution in [-0.2, 0) is 0 Å². The Hall–Kier alpha value is -2.69. The van der Waals surface area contributed by atoms with Crippen LogP contribution in [0.2, 0.25) is 5.02 Å². The molecule has 1 aromatic carbocycles. The predicted molar refractivity (Wildman–Crippen MR) is 115 cm³/mol. The van der Waals surface area contributed by atoms with Gasteiger partial charge in [-0.3, -0.25) is 9.59 Å². The Balaban J connectivity index is 1.40. The largest absolute Gasteiger partial charge is 0.451 e. The lowest BCUT2D eigenvalue weighted by Gasteiger charge is -2.30. The van der Waals surface area contributed by atoms with Crippen molar-refractivity contribution in [3.8, 4) is 12.3 Å². The Kier molecular flexibility index (Phi) is 5.65. The van der Waals surface area contributed by atoms with Gasteiger partial charge in [-0.15, -0.1) is 6.42 Å². The number of hydrogen-bond acceptors (Lipinski definition) is 5. The van der Waals surface area contributed by atoms with Crippen LogP contribution in [0.4, 0.5) is 4.79 Å². The molecule has 3 heterocycles. The van der Waals surface area contributed by atoms with Crippen LogP contribution in [-0.4, -0.2) is 41.5 Å². The van der Waals surface area contributed by atoms with Gasteiger partial charge in [-0.25, -0.2) is 0 Å². The number of benzene rings is 1. The zero-order valence-corrected chi connectivity index (χ0v) is 17.1. The Morgan fingerprint density at radius 3 is 2.97 bits per heavy atom. The Morgan fingerprint density at radius 1 is 1.41 bits per heavy atom. The first-order valence-electron chi connectivity index (χ1n) is 9.22. The molecule has 6 nitrogen and oxygen atoms in total. The van der Waals surface area contributed by atoms with Crippen LogP contribution in [0.1, 0.15) is 23.4 Å². The van der Waals surface area contributed by atoms with Crippen LogP contribution >= 0.6 is 23.4 Å². The van der Waals surface area contributed by atoms with E-state index in [0.29, 0.717) is 41.8 Å². The van der Waals surface area contributed by atoms with Crippen molar-refractivity contribution >= 4 is 51.3 Å². The normalized spacial score (nSPS) is 18.9. The molecule has 0 saturated carbocycles. The van der Waals surface area contributed by atoms with Crippen LogP contribution < -0.4 is 5.32 Å². The van der Waals surface area contributed by atoms with Gasteiger partial charge >= 0.3 is 5.24 Å². The molecular formula is C21H18ClN3O3S. The number of hydrogen-bond donors (Lipinski definition) is 1. The smallest absolute Gasteiger partial charge is 0.311 e. The number of nitrogens with one attached hydrogen (secondary N) is 1. The molecule has 1 aromatic heterocycles. The van der Waals surface area contributed by atoms with Gasteiger partial charge in [0, 0.05) is 23.5 Å². The molecule has 0 atom stereocenters. The predicted octanol–water partition coefficient (Wildman–Crippen LogP) is 4.31. The molecule has 29 heavy (non-hydrogen) atoms. The first-order chi connectivity index (χ1) is 14.0. The van der Waals surface area contributed by atoms with Crippen LogP contribution in [0.5, 0.6) is 0 Å². The molecule has 2 amide bonds. The van der Waals surface area contributed by atoms with E-state index in [1.165, 1.54) is 0 Å². The number of nitrogens with zero attached hydrogens (tertiary/aromatic N) is 2. The third kappa shape index (κ3) is 4.34. The molecule has 1 N–H and O–H groups in total. The number of amides is 2. The van der Waals surface area contributed by atoms with Crippen LogP contribution in [0.15, 0.2) is 44.7 Å². The molecule has 0 unspecified atom stereocenters. The number of terminal acetylenes is 1. The van der Waals surface area contributed by atoms with E-state index in [1.54, 1.807) is 29.2 Å². The van der Waals surface area contributed by atoms with E-state index < -0.39 is 0 Å². The zero-order chi connectivity index (χ0) is 20.4. The van der Waals surface area contributed by atoms with Gasteiger partial charge in [0.15, 0.2) is 5.76 Å². The minimum Gasteiger partial charge on any atom is -0.451 e. The summed E-state index contributed by atoms with van der Waals surface area (Å²) < 4.78 is 5.69. The number of amidine groups is 1. The van der Waals surface area contributed by atoms with E-state index in [4.69, 9.17) is 22.4 Å². The number of halogens is 1. The summed E-state index contributed by atoms with van der Waals surface area (Å²) in [5.74, 6) is 3.49. The van der Waals surface area contributed by atoms with E-state index in [1.807, 2.05) is 0 Å². The van der Waals surface area contributed by atoms with E-state index in [9.17, 15) is 9.59 Å². The number of allylic oxidation sites excluding steroid dienone is 1. The highest BCUT2D eigenvalue weighted by Gasteiger charge is 2.27. The van der Waals surface area contributed by atoms with E-state index >= 15 is 0 Å². The molecule has 1 saturated heterocycles.